The molecule has 1 saturated carbocycles. The maximum absolute atomic E-state index is 14.4. The van der Waals surface area contributed by atoms with Gasteiger partial charge in [0, 0.05) is 25.7 Å². The SMILES string of the molecule is C=CCCCCOC(=O)[C@@H]1[C@H]2C(=O)N(CCCCO)C(C(=O)N(CC=C)C3CCCCC3)C23CC[C@@]1(C)O3. The number of fused-ring (bicyclic) bond motifs is 1. The number of amides is 2. The van der Waals surface area contributed by atoms with Crippen molar-refractivity contribution in [2.45, 2.75) is 107 Å². The number of hydrogen-bond donors (Lipinski definition) is 1. The molecule has 0 radical (unpaired) electrons. The van der Waals surface area contributed by atoms with Crippen LogP contribution in [0, 0.1) is 11.8 Å². The molecule has 0 aromatic heterocycles. The van der Waals surface area contributed by atoms with Gasteiger partial charge in [-0.05, 0) is 64.7 Å². The summed E-state index contributed by atoms with van der Waals surface area (Å²) < 4.78 is 12.4. The minimum atomic E-state index is -1.04. The number of unbranched alkanes of at least 4 members (excludes halogenated alkanes) is 3. The third-order valence-electron chi connectivity index (χ3n) is 9.24. The molecule has 2 amide bonds. The highest BCUT2D eigenvalue weighted by Crippen LogP contribution is 2.63. The minimum absolute atomic E-state index is 0.0231. The van der Waals surface area contributed by atoms with Crippen molar-refractivity contribution < 1.29 is 29.0 Å². The van der Waals surface area contributed by atoms with Crippen molar-refractivity contribution >= 4 is 17.8 Å². The highest BCUT2D eigenvalue weighted by molar-refractivity contribution is 5.98. The molecule has 5 atom stereocenters. The Balaban J connectivity index is 1.63. The van der Waals surface area contributed by atoms with Crippen molar-refractivity contribution in [3.05, 3.63) is 25.3 Å². The monoisotopic (exact) mass is 530 g/mol. The number of esters is 1. The smallest absolute Gasteiger partial charge is 0.312 e. The fourth-order valence-corrected chi connectivity index (χ4v) is 7.46. The number of likely N-dealkylation sites (tertiary alicyclic amines) is 1. The van der Waals surface area contributed by atoms with Crippen molar-refractivity contribution in [2.75, 3.05) is 26.3 Å². The zero-order valence-corrected chi connectivity index (χ0v) is 23.1. The van der Waals surface area contributed by atoms with E-state index in [1.54, 1.807) is 11.0 Å². The maximum atomic E-state index is 14.4. The van der Waals surface area contributed by atoms with Crippen LogP contribution in [0.2, 0.25) is 0 Å². The molecule has 8 heteroatoms. The molecule has 3 aliphatic heterocycles. The van der Waals surface area contributed by atoms with E-state index in [1.807, 2.05) is 17.9 Å². The Bertz CT molecular complexity index is 901. The van der Waals surface area contributed by atoms with E-state index in [-0.39, 0.29) is 24.5 Å². The van der Waals surface area contributed by atoms with Crippen LogP contribution in [0.15, 0.2) is 25.3 Å². The lowest BCUT2D eigenvalue weighted by Gasteiger charge is -2.40. The molecule has 2 bridgehead atoms. The van der Waals surface area contributed by atoms with Crippen LogP contribution in [-0.4, -0.2) is 82.3 Å². The number of hydrogen-bond acceptors (Lipinski definition) is 6. The van der Waals surface area contributed by atoms with E-state index in [0.717, 1.165) is 44.9 Å². The molecule has 0 aromatic rings. The summed E-state index contributed by atoms with van der Waals surface area (Å²) in [6.45, 7) is 10.6. The van der Waals surface area contributed by atoms with E-state index < -0.39 is 35.0 Å². The van der Waals surface area contributed by atoms with E-state index in [9.17, 15) is 19.5 Å². The summed E-state index contributed by atoms with van der Waals surface area (Å²) in [5, 5.41) is 9.38. The summed E-state index contributed by atoms with van der Waals surface area (Å²) in [5.74, 6) is -2.16. The fraction of sp³-hybridized carbons (Fsp3) is 0.767. The Hall–Kier alpha value is -2.19. The average molecular weight is 531 g/mol. The molecule has 3 saturated heterocycles. The predicted octanol–water partition coefficient (Wildman–Crippen LogP) is 3.77. The normalized spacial score (nSPS) is 32.3. The lowest BCUT2D eigenvalue weighted by molar-refractivity contribution is -0.160. The summed E-state index contributed by atoms with van der Waals surface area (Å²) in [4.78, 5) is 45.5. The van der Waals surface area contributed by atoms with E-state index in [4.69, 9.17) is 9.47 Å². The van der Waals surface area contributed by atoms with E-state index >= 15 is 0 Å². The molecule has 4 rings (SSSR count). The van der Waals surface area contributed by atoms with Gasteiger partial charge >= 0.3 is 5.97 Å². The van der Waals surface area contributed by atoms with E-state index in [0.29, 0.717) is 45.4 Å². The van der Waals surface area contributed by atoms with Gasteiger partial charge in [0.1, 0.15) is 17.6 Å². The van der Waals surface area contributed by atoms with Crippen LogP contribution >= 0.6 is 0 Å². The first-order valence-corrected chi connectivity index (χ1v) is 14.6. The first kappa shape index (κ1) is 28.8. The minimum Gasteiger partial charge on any atom is -0.465 e. The van der Waals surface area contributed by atoms with Gasteiger partial charge in [0.15, 0.2) is 0 Å². The van der Waals surface area contributed by atoms with Crippen molar-refractivity contribution in [2.24, 2.45) is 11.8 Å². The number of allylic oxidation sites excluding steroid dienone is 1. The van der Waals surface area contributed by atoms with Gasteiger partial charge in [-0.25, -0.2) is 0 Å². The number of aliphatic hydroxyl groups is 1. The number of rotatable bonds is 14. The number of aliphatic hydroxyl groups excluding tert-OH is 1. The van der Waals surface area contributed by atoms with Crippen LogP contribution in [0.5, 0.6) is 0 Å². The van der Waals surface area contributed by atoms with Gasteiger partial charge in [-0.3, -0.25) is 14.4 Å². The lowest BCUT2D eigenvalue weighted by Crippen LogP contribution is -2.58. The molecular weight excluding hydrogens is 484 g/mol. The molecule has 4 aliphatic rings. The average Bonchev–Trinajstić information content (AvgIpc) is 3.48. The van der Waals surface area contributed by atoms with Crippen LogP contribution in [0.25, 0.3) is 0 Å². The summed E-state index contributed by atoms with van der Waals surface area (Å²) >= 11 is 0. The predicted molar refractivity (Wildman–Crippen MR) is 144 cm³/mol. The second kappa shape index (κ2) is 12.3. The third-order valence-corrected chi connectivity index (χ3v) is 9.24. The van der Waals surface area contributed by atoms with Gasteiger partial charge in [-0.1, -0.05) is 31.4 Å². The molecule has 3 heterocycles. The molecule has 8 nitrogen and oxygen atoms in total. The van der Waals surface area contributed by atoms with E-state index in [2.05, 4.69) is 13.2 Å². The summed E-state index contributed by atoms with van der Waals surface area (Å²) in [6, 6.07) is -0.669. The maximum Gasteiger partial charge on any atom is 0.312 e. The topological polar surface area (TPSA) is 96.4 Å². The van der Waals surface area contributed by atoms with Gasteiger partial charge < -0.3 is 24.4 Å². The van der Waals surface area contributed by atoms with Gasteiger partial charge in [-0.2, -0.15) is 0 Å². The molecule has 1 aliphatic carbocycles. The Morgan fingerprint density at radius 3 is 2.58 bits per heavy atom. The molecule has 2 unspecified atom stereocenters. The molecule has 1 N–H and O–H groups in total. The van der Waals surface area contributed by atoms with Gasteiger partial charge in [0.05, 0.1) is 18.1 Å². The Morgan fingerprint density at radius 1 is 1.13 bits per heavy atom. The molecule has 212 valence electrons. The largest absolute Gasteiger partial charge is 0.465 e. The van der Waals surface area contributed by atoms with Gasteiger partial charge in [-0.15, -0.1) is 13.2 Å². The van der Waals surface area contributed by atoms with Crippen molar-refractivity contribution in [3.8, 4) is 0 Å². The zero-order chi connectivity index (χ0) is 27.3. The highest BCUT2D eigenvalue weighted by Gasteiger charge is 2.78. The molecule has 38 heavy (non-hydrogen) atoms. The van der Waals surface area contributed by atoms with Gasteiger partial charge in [0.25, 0.3) is 0 Å². The summed E-state index contributed by atoms with van der Waals surface area (Å²) in [5.41, 5.74) is -1.87. The Labute approximate surface area is 227 Å². The van der Waals surface area contributed by atoms with Crippen LogP contribution in [0.4, 0.5) is 0 Å². The molecule has 4 fully saturated rings. The van der Waals surface area contributed by atoms with E-state index in [1.165, 1.54) is 6.42 Å². The first-order chi connectivity index (χ1) is 18.3. The number of ether oxygens (including phenoxy) is 2. The zero-order valence-electron chi connectivity index (χ0n) is 23.1. The standard InChI is InChI=1S/C30H46N2O6/c1-4-6-7-13-21-37-28(36)24-23-26(34)32(19-11-12-20-33)25(30(23)17-16-29(24,3)38-30)27(35)31(18-5-2)22-14-9-8-10-15-22/h4-5,22-25,33H,1-2,6-21H2,3H3/t23-,24-,25?,29+,30?/m0/s1. The second-order valence-corrected chi connectivity index (χ2v) is 11.7. The van der Waals surface area contributed by atoms with Crippen molar-refractivity contribution in [3.63, 3.8) is 0 Å². The first-order valence-electron chi connectivity index (χ1n) is 14.6. The quantitative estimate of drug-likeness (QED) is 0.209. The third kappa shape index (κ3) is 5.18. The van der Waals surface area contributed by atoms with Crippen LogP contribution < -0.4 is 0 Å². The highest BCUT2D eigenvalue weighted by atomic mass is 16.6. The van der Waals surface area contributed by atoms with Gasteiger partial charge in [0.2, 0.25) is 11.8 Å². The number of carbonyl (C=O) groups is 3. The Morgan fingerprint density at radius 2 is 1.89 bits per heavy atom. The molecule has 1 spiro atoms. The van der Waals surface area contributed by atoms with Crippen molar-refractivity contribution in [1.82, 2.24) is 9.80 Å². The molecular formula is C30H46N2O6. The summed E-state index contributed by atoms with van der Waals surface area (Å²) in [6.07, 6.45) is 13.6. The second-order valence-electron chi connectivity index (χ2n) is 11.7. The van der Waals surface area contributed by atoms with Crippen LogP contribution in [0.3, 0.4) is 0 Å². The number of nitrogens with zero attached hydrogens (tertiary/aromatic N) is 2. The van der Waals surface area contributed by atoms with Crippen molar-refractivity contribution in [1.29, 1.82) is 0 Å². The lowest BCUT2D eigenvalue weighted by atomic mass is 9.66. The Kier molecular flexibility index (Phi) is 9.35. The summed E-state index contributed by atoms with van der Waals surface area (Å²) in [7, 11) is 0. The van der Waals surface area contributed by atoms with Crippen LogP contribution in [0.1, 0.15) is 84.0 Å². The fourth-order valence-electron chi connectivity index (χ4n) is 7.46. The van der Waals surface area contributed by atoms with Crippen LogP contribution in [-0.2, 0) is 23.9 Å². The molecule has 0 aromatic carbocycles. The number of carbonyl (C=O) groups excluding carboxylic acids is 3.